The molecule has 1 heterocycles. The number of ketones is 1. The SMILES string of the molecule is COC[C@H](NC(=O)c1cnc(C)s1)C(=O)N[C@@H](COC)C(=O)NC(Cc1ccccc1)C(=O)C(C)(O)COS(=O)(=O)CC(F)(F)F. The van der Waals surface area contributed by atoms with E-state index in [1.807, 2.05) is 0 Å². The van der Waals surface area contributed by atoms with Crippen LogP contribution in [0.15, 0.2) is 36.5 Å². The highest BCUT2D eigenvalue weighted by Crippen LogP contribution is 2.20. The van der Waals surface area contributed by atoms with Crippen LogP contribution in [0.3, 0.4) is 0 Å². The second kappa shape index (κ2) is 16.9. The van der Waals surface area contributed by atoms with Crippen LogP contribution >= 0.6 is 11.3 Å². The average Bonchev–Trinajstić information content (AvgIpc) is 3.40. The fourth-order valence-electron chi connectivity index (χ4n) is 3.89. The molecule has 2 rings (SSSR count). The van der Waals surface area contributed by atoms with E-state index in [4.69, 9.17) is 9.47 Å². The van der Waals surface area contributed by atoms with E-state index in [1.54, 1.807) is 37.3 Å². The summed E-state index contributed by atoms with van der Waals surface area (Å²) in [5.74, 6) is -5.99. The summed E-state index contributed by atoms with van der Waals surface area (Å²) < 4.78 is 75.7. The van der Waals surface area contributed by atoms with Crippen molar-refractivity contribution in [1.82, 2.24) is 20.9 Å². The molecule has 0 spiro atoms. The summed E-state index contributed by atoms with van der Waals surface area (Å²) in [7, 11) is -2.71. The highest BCUT2D eigenvalue weighted by atomic mass is 32.2. The van der Waals surface area contributed by atoms with Crippen molar-refractivity contribution in [3.8, 4) is 0 Å². The number of benzene rings is 1. The number of methoxy groups -OCH3 is 2. The van der Waals surface area contributed by atoms with Crippen LogP contribution in [-0.4, -0.2) is 112 Å². The summed E-state index contributed by atoms with van der Waals surface area (Å²) in [6, 6.07) is 3.77. The lowest BCUT2D eigenvalue weighted by atomic mass is 9.91. The monoisotopic (exact) mass is 696 g/mol. The quantitative estimate of drug-likeness (QED) is 0.156. The molecule has 1 aromatic heterocycles. The number of hydrogen-bond donors (Lipinski definition) is 4. The van der Waals surface area contributed by atoms with E-state index in [-0.39, 0.29) is 17.9 Å². The molecular formula is C27H35F3N4O10S2. The lowest BCUT2D eigenvalue weighted by Crippen LogP contribution is -2.60. The third-order valence-electron chi connectivity index (χ3n) is 6.07. The Morgan fingerprint density at radius 2 is 1.50 bits per heavy atom. The first-order valence-corrected chi connectivity index (χ1v) is 15.8. The molecule has 2 unspecified atom stereocenters. The first-order valence-electron chi connectivity index (χ1n) is 13.4. The number of ether oxygens (including phenoxy) is 2. The normalized spacial score (nSPS) is 15.2. The van der Waals surface area contributed by atoms with Crippen molar-refractivity contribution >= 4 is 45.0 Å². The molecule has 19 heteroatoms. The standard InChI is InChI=1S/C27H35F3N4O10S2/c1-16-31-11-21(45-16)25(38)34-20(13-43-4)24(37)33-19(12-42-3)23(36)32-18(10-17-8-6-5-7-9-17)22(35)26(2,39)14-44-46(40,41)15-27(28,29)30/h5-9,11,18-20,39H,10,12-15H2,1-4H3,(H,32,36)(H,33,37)(H,34,38)/t18?,19-,20-,26?/m0/s1. The lowest BCUT2D eigenvalue weighted by molar-refractivity contribution is -0.143. The number of nitrogens with one attached hydrogen (secondary N) is 3. The Hall–Kier alpha value is -3.49. The van der Waals surface area contributed by atoms with E-state index in [0.29, 0.717) is 10.6 Å². The number of aromatic nitrogens is 1. The fraction of sp³-hybridized carbons (Fsp3) is 0.519. The number of carbonyl (C=O) groups is 4. The zero-order chi connectivity index (χ0) is 34.7. The Morgan fingerprint density at radius 3 is 2.00 bits per heavy atom. The zero-order valence-corrected chi connectivity index (χ0v) is 26.9. The largest absolute Gasteiger partial charge is 0.405 e. The highest BCUT2D eigenvalue weighted by molar-refractivity contribution is 7.86. The molecule has 0 aliphatic heterocycles. The molecule has 0 aliphatic carbocycles. The van der Waals surface area contributed by atoms with Crippen LogP contribution in [0.2, 0.25) is 0 Å². The van der Waals surface area contributed by atoms with Crippen LogP contribution in [0.5, 0.6) is 0 Å². The average molecular weight is 697 g/mol. The molecule has 2 aromatic rings. The maximum absolute atomic E-state index is 13.4. The fourth-order valence-corrected chi connectivity index (χ4v) is 5.47. The van der Waals surface area contributed by atoms with Gasteiger partial charge in [-0.2, -0.15) is 21.6 Å². The molecular weight excluding hydrogens is 661 g/mol. The van der Waals surface area contributed by atoms with Crippen LogP contribution in [0.4, 0.5) is 13.2 Å². The van der Waals surface area contributed by atoms with Crippen molar-refractivity contribution in [1.29, 1.82) is 0 Å². The van der Waals surface area contributed by atoms with Gasteiger partial charge < -0.3 is 30.5 Å². The Bertz CT molecular complexity index is 1450. The van der Waals surface area contributed by atoms with Gasteiger partial charge in [-0.05, 0) is 25.8 Å². The molecule has 3 amide bonds. The van der Waals surface area contributed by atoms with E-state index < -0.39 is 82.5 Å². The first kappa shape index (κ1) is 38.7. The minimum atomic E-state index is -5.22. The number of rotatable bonds is 18. The lowest BCUT2D eigenvalue weighted by Gasteiger charge is -2.29. The van der Waals surface area contributed by atoms with E-state index in [0.717, 1.165) is 18.3 Å². The van der Waals surface area contributed by atoms with Gasteiger partial charge in [0.1, 0.15) is 29.2 Å². The number of nitrogens with zero attached hydrogens (tertiary/aromatic N) is 1. The van der Waals surface area contributed by atoms with Crippen molar-refractivity contribution in [3.05, 3.63) is 52.0 Å². The van der Waals surface area contributed by atoms with Crippen LogP contribution in [0.1, 0.15) is 27.2 Å². The summed E-state index contributed by atoms with van der Waals surface area (Å²) in [5, 5.41) is 18.7. The molecule has 46 heavy (non-hydrogen) atoms. The van der Waals surface area contributed by atoms with E-state index in [9.17, 15) is 45.9 Å². The summed E-state index contributed by atoms with van der Waals surface area (Å²) in [4.78, 5) is 56.8. The molecule has 256 valence electrons. The van der Waals surface area contributed by atoms with Crippen molar-refractivity contribution in [2.75, 3.05) is 39.8 Å². The third kappa shape index (κ3) is 12.7. The molecule has 0 aliphatic rings. The van der Waals surface area contributed by atoms with Gasteiger partial charge in [0.15, 0.2) is 11.5 Å². The number of thiazole rings is 1. The Kier molecular flexibility index (Phi) is 14.2. The van der Waals surface area contributed by atoms with Crippen molar-refractivity contribution in [2.45, 2.75) is 50.2 Å². The summed E-state index contributed by atoms with van der Waals surface area (Å²) in [6.07, 6.45) is -4.06. The van der Waals surface area contributed by atoms with Gasteiger partial charge in [-0.1, -0.05) is 30.3 Å². The van der Waals surface area contributed by atoms with Crippen molar-refractivity contribution < 1.29 is 59.5 Å². The van der Waals surface area contributed by atoms with Gasteiger partial charge in [-0.25, -0.2) is 4.98 Å². The third-order valence-corrected chi connectivity index (χ3v) is 8.14. The highest BCUT2D eigenvalue weighted by Gasteiger charge is 2.42. The minimum Gasteiger partial charge on any atom is -0.382 e. The van der Waals surface area contributed by atoms with Crippen LogP contribution < -0.4 is 16.0 Å². The minimum absolute atomic E-state index is 0.224. The van der Waals surface area contributed by atoms with Gasteiger partial charge in [-0.3, -0.25) is 23.4 Å². The smallest absolute Gasteiger partial charge is 0.382 e. The van der Waals surface area contributed by atoms with Crippen LogP contribution in [0, 0.1) is 6.92 Å². The number of Topliss-reactive ketones (excluding diaryl/α,β-unsaturated/α-hetero) is 1. The summed E-state index contributed by atoms with van der Waals surface area (Å²) >= 11 is 1.09. The van der Waals surface area contributed by atoms with Crippen molar-refractivity contribution in [2.24, 2.45) is 0 Å². The zero-order valence-electron chi connectivity index (χ0n) is 25.3. The Morgan fingerprint density at radius 1 is 0.957 bits per heavy atom. The molecule has 14 nitrogen and oxygen atoms in total. The van der Waals surface area contributed by atoms with Gasteiger partial charge in [0, 0.05) is 14.2 Å². The number of hydrogen-bond acceptors (Lipinski definition) is 12. The van der Waals surface area contributed by atoms with Crippen LogP contribution in [-0.2, 0) is 44.6 Å². The Balaban J connectivity index is 2.25. The number of halogens is 3. The number of carbonyl (C=O) groups excluding carboxylic acids is 4. The van der Waals surface area contributed by atoms with E-state index >= 15 is 0 Å². The summed E-state index contributed by atoms with van der Waals surface area (Å²) in [6.45, 7) is 0.431. The van der Waals surface area contributed by atoms with Gasteiger partial charge >= 0.3 is 6.18 Å². The second-order valence-electron chi connectivity index (χ2n) is 10.2. The number of aliphatic hydroxyl groups is 1. The van der Waals surface area contributed by atoms with Gasteiger partial charge in [0.25, 0.3) is 16.0 Å². The molecule has 0 saturated heterocycles. The molecule has 4 atom stereocenters. The Labute approximate surface area is 267 Å². The molecule has 0 bridgehead atoms. The molecule has 4 N–H and O–H groups in total. The molecule has 0 saturated carbocycles. The number of aryl methyl sites for hydroxylation is 1. The van der Waals surface area contributed by atoms with Gasteiger partial charge in [0.2, 0.25) is 11.8 Å². The van der Waals surface area contributed by atoms with E-state index in [2.05, 4.69) is 25.1 Å². The predicted molar refractivity (Wildman–Crippen MR) is 157 cm³/mol. The predicted octanol–water partition coefficient (Wildman–Crippen LogP) is 0.284. The number of amides is 3. The maximum Gasteiger partial charge on any atom is 0.405 e. The topological polar surface area (TPSA) is 199 Å². The van der Waals surface area contributed by atoms with Crippen LogP contribution in [0.25, 0.3) is 0 Å². The van der Waals surface area contributed by atoms with Gasteiger partial charge in [0.05, 0.1) is 30.5 Å². The second-order valence-corrected chi connectivity index (χ2v) is 13.1. The van der Waals surface area contributed by atoms with Crippen molar-refractivity contribution in [3.63, 3.8) is 0 Å². The molecule has 0 fully saturated rings. The first-order chi connectivity index (χ1) is 21.4. The van der Waals surface area contributed by atoms with E-state index in [1.165, 1.54) is 20.4 Å². The molecule has 1 aromatic carbocycles. The number of alkyl halides is 3. The maximum atomic E-state index is 13.4. The van der Waals surface area contributed by atoms with Gasteiger partial charge in [-0.15, -0.1) is 11.3 Å². The molecule has 0 radical (unpaired) electrons. The summed E-state index contributed by atoms with van der Waals surface area (Å²) in [5.41, 5.74) is -2.20.